The van der Waals surface area contributed by atoms with E-state index < -0.39 is 0 Å². The quantitative estimate of drug-likeness (QED) is 0.802. The van der Waals surface area contributed by atoms with E-state index in [1.54, 1.807) is 0 Å². The third-order valence-corrected chi connectivity index (χ3v) is 3.42. The average molecular weight is 294 g/mol. The largest absolute Gasteiger partial charge is 0.476 e. The maximum atomic E-state index is 5.81. The lowest BCUT2D eigenvalue weighted by atomic mass is 10.1. The van der Waals surface area contributed by atoms with Crippen molar-refractivity contribution in [3.8, 4) is 5.88 Å². The summed E-state index contributed by atoms with van der Waals surface area (Å²) in [6.45, 7) is 2.18. The third kappa shape index (κ3) is 2.80. The lowest BCUT2D eigenvalue weighted by Crippen LogP contribution is -2.12. The summed E-state index contributed by atoms with van der Waals surface area (Å²) in [7, 11) is 0. The third-order valence-electron chi connectivity index (χ3n) is 2.19. The number of nitrogens with zero attached hydrogens (tertiary/aromatic N) is 2. The van der Waals surface area contributed by atoms with Gasteiger partial charge >= 0.3 is 0 Å². The lowest BCUT2D eigenvalue weighted by Gasteiger charge is -2.10. The molecule has 1 aromatic heterocycles. The summed E-state index contributed by atoms with van der Waals surface area (Å²) in [6.07, 6.45) is 2.42. The molecule has 1 aromatic rings. The lowest BCUT2D eigenvalue weighted by molar-refractivity contribution is 0.165. The molecule has 15 heavy (non-hydrogen) atoms. The number of aromatic nitrogens is 2. The van der Waals surface area contributed by atoms with E-state index in [0.717, 1.165) is 19.6 Å². The van der Waals surface area contributed by atoms with Crippen LogP contribution in [0, 0.1) is 5.92 Å². The number of ether oxygens (including phenoxy) is 2. The van der Waals surface area contributed by atoms with Gasteiger partial charge in [-0.15, -0.1) is 0 Å². The second-order valence-electron chi connectivity index (χ2n) is 3.32. The van der Waals surface area contributed by atoms with Gasteiger partial charge in [-0.2, -0.15) is 0 Å². The molecule has 2 rings (SSSR count). The van der Waals surface area contributed by atoms with Gasteiger partial charge in [0.05, 0.1) is 13.2 Å². The molecule has 0 aromatic carbocycles. The van der Waals surface area contributed by atoms with Crippen LogP contribution in [0.5, 0.6) is 5.88 Å². The van der Waals surface area contributed by atoms with Gasteiger partial charge in [0, 0.05) is 12.5 Å². The highest BCUT2D eigenvalue weighted by Crippen LogP contribution is 2.28. The molecular weight excluding hydrogens is 283 g/mol. The Balaban J connectivity index is 1.95. The second kappa shape index (κ2) is 5.09. The van der Waals surface area contributed by atoms with Crippen LogP contribution in [0.4, 0.5) is 0 Å². The van der Waals surface area contributed by atoms with Crippen LogP contribution in [-0.4, -0.2) is 29.8 Å². The van der Waals surface area contributed by atoms with Gasteiger partial charge in [0.1, 0.15) is 10.8 Å². The zero-order valence-corrected chi connectivity index (χ0v) is 10.3. The second-order valence-corrected chi connectivity index (χ2v) is 4.48. The van der Waals surface area contributed by atoms with Crippen molar-refractivity contribution in [2.45, 2.75) is 6.42 Å². The highest BCUT2D eigenvalue weighted by atomic mass is 79.9. The Kier molecular flexibility index (Phi) is 3.77. The van der Waals surface area contributed by atoms with Gasteiger partial charge in [-0.3, -0.25) is 0 Å². The maximum Gasteiger partial charge on any atom is 0.232 e. The fourth-order valence-corrected chi connectivity index (χ4v) is 1.79. The first-order valence-corrected chi connectivity index (χ1v) is 5.81. The molecule has 1 aliphatic heterocycles. The number of hydrogen-bond acceptors (Lipinski definition) is 4. The van der Waals surface area contributed by atoms with Crippen LogP contribution >= 0.6 is 27.5 Å². The average Bonchev–Trinajstić information content (AvgIpc) is 2.73. The van der Waals surface area contributed by atoms with Gasteiger partial charge in [0.25, 0.3) is 0 Å². The van der Waals surface area contributed by atoms with Crippen molar-refractivity contribution >= 4 is 27.5 Å². The summed E-state index contributed by atoms with van der Waals surface area (Å²) in [5, 5.41) is 0.364. The molecular formula is C9H10BrClN2O2. The summed E-state index contributed by atoms with van der Waals surface area (Å²) >= 11 is 9.08. The van der Waals surface area contributed by atoms with Gasteiger partial charge in [0.2, 0.25) is 5.88 Å². The molecule has 1 saturated heterocycles. The predicted molar refractivity (Wildman–Crippen MR) is 59.2 cm³/mol. The molecule has 0 aliphatic carbocycles. The van der Waals surface area contributed by atoms with E-state index in [-0.39, 0.29) is 0 Å². The van der Waals surface area contributed by atoms with Crippen molar-refractivity contribution in [2.24, 2.45) is 5.92 Å². The number of hydrogen-bond donors (Lipinski definition) is 0. The molecule has 1 atom stereocenters. The fraction of sp³-hybridized carbons (Fsp3) is 0.556. The van der Waals surface area contributed by atoms with E-state index in [2.05, 4.69) is 25.9 Å². The van der Waals surface area contributed by atoms with Crippen molar-refractivity contribution in [1.29, 1.82) is 0 Å². The highest BCUT2D eigenvalue weighted by molar-refractivity contribution is 9.10. The molecule has 0 bridgehead atoms. The van der Waals surface area contributed by atoms with Crippen LogP contribution in [0.25, 0.3) is 0 Å². The van der Waals surface area contributed by atoms with Gasteiger partial charge in [-0.25, -0.2) is 9.97 Å². The molecule has 4 nitrogen and oxygen atoms in total. The molecule has 1 unspecified atom stereocenters. The summed E-state index contributed by atoms with van der Waals surface area (Å²) in [5.41, 5.74) is 0. The Morgan fingerprint density at radius 2 is 2.47 bits per heavy atom. The van der Waals surface area contributed by atoms with Crippen LogP contribution < -0.4 is 4.74 Å². The first kappa shape index (κ1) is 11.1. The predicted octanol–water partition coefficient (Wildman–Crippen LogP) is 2.31. The van der Waals surface area contributed by atoms with Gasteiger partial charge in [-0.05, 0) is 22.4 Å². The van der Waals surface area contributed by atoms with Crippen molar-refractivity contribution in [1.82, 2.24) is 9.97 Å². The van der Waals surface area contributed by atoms with Crippen LogP contribution in [-0.2, 0) is 4.74 Å². The minimum Gasteiger partial charge on any atom is -0.476 e. The summed E-state index contributed by atoms with van der Waals surface area (Å²) in [4.78, 5) is 7.82. The van der Waals surface area contributed by atoms with Crippen molar-refractivity contribution in [2.75, 3.05) is 19.8 Å². The Labute approximate surface area is 101 Å². The van der Waals surface area contributed by atoms with E-state index in [0.29, 0.717) is 28.0 Å². The first-order chi connectivity index (χ1) is 7.27. The monoisotopic (exact) mass is 292 g/mol. The summed E-state index contributed by atoms with van der Waals surface area (Å²) in [5.74, 6) is 0.938. The highest BCUT2D eigenvalue weighted by Gasteiger charge is 2.17. The first-order valence-electron chi connectivity index (χ1n) is 4.64. The van der Waals surface area contributed by atoms with Crippen molar-refractivity contribution in [3.05, 3.63) is 16.0 Å². The van der Waals surface area contributed by atoms with Crippen LogP contribution in [0.15, 0.2) is 10.8 Å². The van der Waals surface area contributed by atoms with E-state index in [1.807, 2.05) is 0 Å². The zero-order valence-electron chi connectivity index (χ0n) is 7.95. The van der Waals surface area contributed by atoms with Crippen molar-refractivity contribution in [3.63, 3.8) is 0 Å². The van der Waals surface area contributed by atoms with Crippen molar-refractivity contribution < 1.29 is 9.47 Å². The zero-order chi connectivity index (χ0) is 10.7. The Morgan fingerprint density at radius 3 is 3.20 bits per heavy atom. The Morgan fingerprint density at radius 1 is 1.60 bits per heavy atom. The summed E-state index contributed by atoms with van der Waals surface area (Å²) in [6, 6.07) is 0. The normalized spacial score (nSPS) is 20.5. The standard InChI is InChI=1S/C9H10BrClN2O2/c10-7-8(11)12-5-13-9(7)15-4-6-1-2-14-3-6/h5-6H,1-4H2. The van der Waals surface area contributed by atoms with Gasteiger partial charge in [-0.1, -0.05) is 11.6 Å². The molecule has 0 spiro atoms. The molecule has 1 fully saturated rings. The van der Waals surface area contributed by atoms with Gasteiger partial charge in [0.15, 0.2) is 5.15 Å². The van der Waals surface area contributed by atoms with Crippen LogP contribution in [0.1, 0.15) is 6.42 Å². The minimum absolute atomic E-state index is 0.364. The van der Waals surface area contributed by atoms with E-state index in [9.17, 15) is 0 Å². The molecule has 6 heteroatoms. The topological polar surface area (TPSA) is 44.2 Å². The minimum atomic E-state index is 0.364. The molecule has 82 valence electrons. The van der Waals surface area contributed by atoms with Crippen LogP contribution in [0.2, 0.25) is 5.15 Å². The molecule has 0 N–H and O–H groups in total. The number of rotatable bonds is 3. The molecule has 0 radical (unpaired) electrons. The molecule has 0 amide bonds. The Hall–Kier alpha value is -0.390. The van der Waals surface area contributed by atoms with E-state index in [4.69, 9.17) is 21.1 Å². The molecule has 1 aliphatic rings. The Bertz CT molecular complexity index is 345. The smallest absolute Gasteiger partial charge is 0.232 e. The molecule has 2 heterocycles. The van der Waals surface area contributed by atoms with E-state index >= 15 is 0 Å². The summed E-state index contributed by atoms with van der Waals surface area (Å²) < 4.78 is 11.4. The van der Waals surface area contributed by atoms with Crippen LogP contribution in [0.3, 0.4) is 0 Å². The number of halogens is 2. The SMILES string of the molecule is Clc1ncnc(OCC2CCOC2)c1Br. The van der Waals surface area contributed by atoms with E-state index in [1.165, 1.54) is 6.33 Å². The fourth-order valence-electron chi connectivity index (χ4n) is 1.35. The molecule has 0 saturated carbocycles. The maximum absolute atomic E-state index is 5.81. The van der Waals surface area contributed by atoms with Gasteiger partial charge < -0.3 is 9.47 Å².